The topological polar surface area (TPSA) is 45.5 Å². The summed E-state index contributed by atoms with van der Waals surface area (Å²) in [5, 5.41) is 7.80. The Morgan fingerprint density at radius 2 is 2.21 bits per heavy atom. The first-order valence-corrected chi connectivity index (χ1v) is 9.59. The van der Waals surface area contributed by atoms with Crippen LogP contribution in [-0.2, 0) is 13.5 Å². The van der Waals surface area contributed by atoms with Crippen molar-refractivity contribution in [3.8, 4) is 0 Å². The molecular formula is C19H33N5. The fourth-order valence-electron chi connectivity index (χ4n) is 4.18. The van der Waals surface area contributed by atoms with Crippen molar-refractivity contribution in [3.63, 3.8) is 0 Å². The SMILES string of the molecule is CCNC(=NCC1(C)CCCC1)N1CCC(Cc2cnn(C)c2)C1. The van der Waals surface area contributed by atoms with Crippen molar-refractivity contribution in [3.05, 3.63) is 18.0 Å². The van der Waals surface area contributed by atoms with Crippen molar-refractivity contribution in [1.29, 1.82) is 0 Å². The van der Waals surface area contributed by atoms with Crippen LogP contribution in [0.15, 0.2) is 17.4 Å². The lowest BCUT2D eigenvalue weighted by molar-refractivity contribution is 0.347. The Labute approximate surface area is 146 Å². The van der Waals surface area contributed by atoms with Gasteiger partial charge < -0.3 is 10.2 Å². The van der Waals surface area contributed by atoms with Crippen molar-refractivity contribution in [2.75, 3.05) is 26.2 Å². The molecule has 1 saturated heterocycles. The number of aryl methyl sites for hydroxylation is 1. The van der Waals surface area contributed by atoms with Gasteiger partial charge in [0, 0.05) is 39.4 Å². The molecule has 0 spiro atoms. The van der Waals surface area contributed by atoms with E-state index in [1.165, 1.54) is 37.7 Å². The first-order valence-electron chi connectivity index (χ1n) is 9.59. The number of aliphatic imine (C=N–C) groups is 1. The molecule has 1 aromatic heterocycles. The number of rotatable bonds is 5. The first kappa shape index (κ1) is 17.3. The van der Waals surface area contributed by atoms with Crippen molar-refractivity contribution < 1.29 is 0 Å². The van der Waals surface area contributed by atoms with Gasteiger partial charge in [-0.2, -0.15) is 5.10 Å². The molecule has 1 aliphatic heterocycles. The molecule has 1 unspecified atom stereocenters. The molecule has 1 atom stereocenters. The van der Waals surface area contributed by atoms with Crippen LogP contribution < -0.4 is 5.32 Å². The predicted molar refractivity (Wildman–Crippen MR) is 99.1 cm³/mol. The number of nitrogens with one attached hydrogen (secondary N) is 1. The van der Waals surface area contributed by atoms with Gasteiger partial charge in [-0.1, -0.05) is 19.8 Å². The average Bonchev–Trinajstić information content (AvgIpc) is 3.27. The van der Waals surface area contributed by atoms with Gasteiger partial charge in [0.25, 0.3) is 0 Å². The van der Waals surface area contributed by atoms with Crippen molar-refractivity contribution in [1.82, 2.24) is 20.0 Å². The second-order valence-electron chi connectivity index (χ2n) is 8.02. The molecule has 1 aromatic rings. The maximum Gasteiger partial charge on any atom is 0.193 e. The Kier molecular flexibility index (Phi) is 5.47. The van der Waals surface area contributed by atoms with Gasteiger partial charge in [-0.25, -0.2) is 0 Å². The second-order valence-corrected chi connectivity index (χ2v) is 8.02. The van der Waals surface area contributed by atoms with E-state index in [2.05, 4.69) is 35.4 Å². The molecule has 24 heavy (non-hydrogen) atoms. The summed E-state index contributed by atoms with van der Waals surface area (Å²) in [6.45, 7) is 8.71. The molecule has 2 aliphatic rings. The third-order valence-corrected chi connectivity index (χ3v) is 5.62. The summed E-state index contributed by atoms with van der Waals surface area (Å²) in [6, 6.07) is 0. The van der Waals surface area contributed by atoms with Gasteiger partial charge in [0.05, 0.1) is 6.20 Å². The zero-order valence-corrected chi connectivity index (χ0v) is 15.6. The average molecular weight is 332 g/mol. The van der Waals surface area contributed by atoms with Crippen LogP contribution in [0.5, 0.6) is 0 Å². The summed E-state index contributed by atoms with van der Waals surface area (Å²) < 4.78 is 1.90. The number of guanidine groups is 1. The van der Waals surface area contributed by atoms with Gasteiger partial charge in [0.15, 0.2) is 5.96 Å². The molecule has 1 aliphatic carbocycles. The minimum atomic E-state index is 0.426. The predicted octanol–water partition coefficient (Wildman–Crippen LogP) is 2.83. The fourth-order valence-corrected chi connectivity index (χ4v) is 4.18. The molecule has 0 bridgehead atoms. The highest BCUT2D eigenvalue weighted by Crippen LogP contribution is 2.37. The van der Waals surface area contributed by atoms with E-state index in [4.69, 9.17) is 4.99 Å². The van der Waals surface area contributed by atoms with E-state index in [-0.39, 0.29) is 0 Å². The Hall–Kier alpha value is -1.52. The molecule has 2 heterocycles. The third kappa shape index (κ3) is 4.31. The molecule has 1 N–H and O–H groups in total. The minimum Gasteiger partial charge on any atom is -0.357 e. The second kappa shape index (κ2) is 7.58. The largest absolute Gasteiger partial charge is 0.357 e. The lowest BCUT2D eigenvalue weighted by Crippen LogP contribution is -2.40. The van der Waals surface area contributed by atoms with Crippen molar-refractivity contribution >= 4 is 5.96 Å². The van der Waals surface area contributed by atoms with Crippen LogP contribution >= 0.6 is 0 Å². The standard InChI is InChI=1S/C19H33N5/c1-4-20-18(21-15-19(2)8-5-6-9-19)24-10-7-16(14-24)11-17-12-22-23(3)13-17/h12-13,16H,4-11,14-15H2,1-3H3,(H,20,21). The summed E-state index contributed by atoms with van der Waals surface area (Å²) in [4.78, 5) is 7.47. The maximum absolute atomic E-state index is 5.01. The zero-order valence-electron chi connectivity index (χ0n) is 15.6. The van der Waals surface area contributed by atoms with Crippen LogP contribution in [0.2, 0.25) is 0 Å². The number of hydrogen-bond acceptors (Lipinski definition) is 2. The zero-order chi connectivity index (χ0) is 17.0. The molecule has 134 valence electrons. The Morgan fingerprint density at radius 1 is 1.42 bits per heavy atom. The molecule has 0 amide bonds. The molecular weight excluding hydrogens is 298 g/mol. The maximum atomic E-state index is 5.01. The van der Waals surface area contributed by atoms with Gasteiger partial charge in [-0.3, -0.25) is 9.67 Å². The lowest BCUT2D eigenvalue weighted by atomic mass is 9.89. The van der Waals surface area contributed by atoms with Gasteiger partial charge in [0.1, 0.15) is 0 Å². The number of aromatic nitrogens is 2. The van der Waals surface area contributed by atoms with Gasteiger partial charge in [-0.05, 0) is 49.5 Å². The van der Waals surface area contributed by atoms with Gasteiger partial charge in [0.2, 0.25) is 0 Å². The summed E-state index contributed by atoms with van der Waals surface area (Å²) >= 11 is 0. The van der Waals surface area contributed by atoms with Crippen LogP contribution in [-0.4, -0.2) is 46.8 Å². The lowest BCUT2D eigenvalue weighted by Gasteiger charge is -2.25. The smallest absolute Gasteiger partial charge is 0.193 e. The van der Waals surface area contributed by atoms with Crippen LogP contribution in [0.4, 0.5) is 0 Å². The van der Waals surface area contributed by atoms with Crippen LogP contribution in [0.25, 0.3) is 0 Å². The summed E-state index contributed by atoms with van der Waals surface area (Å²) in [7, 11) is 1.99. The van der Waals surface area contributed by atoms with E-state index < -0.39 is 0 Å². The summed E-state index contributed by atoms with van der Waals surface area (Å²) in [5.41, 5.74) is 1.78. The monoisotopic (exact) mass is 331 g/mol. The van der Waals surface area contributed by atoms with E-state index in [9.17, 15) is 0 Å². The Balaban J connectivity index is 1.57. The summed E-state index contributed by atoms with van der Waals surface area (Å²) in [6.07, 6.45) is 11.9. The highest BCUT2D eigenvalue weighted by Gasteiger charge is 2.30. The van der Waals surface area contributed by atoms with E-state index in [0.717, 1.165) is 38.6 Å². The highest BCUT2D eigenvalue weighted by atomic mass is 15.3. The Morgan fingerprint density at radius 3 is 2.88 bits per heavy atom. The quantitative estimate of drug-likeness (QED) is 0.666. The summed E-state index contributed by atoms with van der Waals surface area (Å²) in [5.74, 6) is 1.83. The van der Waals surface area contributed by atoms with E-state index in [1.807, 2.05) is 17.9 Å². The number of nitrogens with zero attached hydrogens (tertiary/aromatic N) is 4. The molecule has 0 aromatic carbocycles. The van der Waals surface area contributed by atoms with Crippen LogP contribution in [0.3, 0.4) is 0 Å². The first-order chi connectivity index (χ1) is 11.6. The van der Waals surface area contributed by atoms with Crippen LogP contribution in [0, 0.1) is 11.3 Å². The molecule has 0 radical (unpaired) electrons. The number of likely N-dealkylation sites (tertiary alicyclic amines) is 1. The van der Waals surface area contributed by atoms with E-state index >= 15 is 0 Å². The Bertz CT molecular complexity index is 556. The molecule has 3 rings (SSSR count). The number of hydrogen-bond donors (Lipinski definition) is 1. The molecule has 5 heteroatoms. The van der Waals surface area contributed by atoms with Crippen molar-refractivity contribution in [2.45, 2.75) is 52.4 Å². The van der Waals surface area contributed by atoms with Crippen LogP contribution in [0.1, 0.15) is 51.5 Å². The van der Waals surface area contributed by atoms with Gasteiger partial charge in [-0.15, -0.1) is 0 Å². The van der Waals surface area contributed by atoms with Crippen molar-refractivity contribution in [2.24, 2.45) is 23.4 Å². The minimum absolute atomic E-state index is 0.426. The molecule has 5 nitrogen and oxygen atoms in total. The fraction of sp³-hybridized carbons (Fsp3) is 0.789. The normalized spacial score (nSPS) is 23.9. The third-order valence-electron chi connectivity index (χ3n) is 5.62. The van der Waals surface area contributed by atoms with Gasteiger partial charge >= 0.3 is 0 Å². The molecule has 1 saturated carbocycles. The molecule has 2 fully saturated rings. The van der Waals surface area contributed by atoms with E-state index in [1.54, 1.807) is 0 Å². The van der Waals surface area contributed by atoms with E-state index in [0.29, 0.717) is 11.3 Å². The highest BCUT2D eigenvalue weighted by molar-refractivity contribution is 5.80.